The van der Waals surface area contributed by atoms with E-state index in [9.17, 15) is 0 Å². The van der Waals surface area contributed by atoms with Crippen LogP contribution in [-0.4, -0.2) is 22.1 Å². The average Bonchev–Trinajstić information content (AvgIpc) is 3.13. The predicted molar refractivity (Wildman–Crippen MR) is 83.8 cm³/mol. The van der Waals surface area contributed by atoms with E-state index in [1.54, 1.807) is 0 Å². The van der Waals surface area contributed by atoms with E-state index in [0.717, 1.165) is 24.5 Å². The molecule has 0 radical (unpaired) electrons. The SMILES string of the molecule is CCCNC(Cn1cnc2ccccc21)C1CCCC1. The van der Waals surface area contributed by atoms with Crippen molar-refractivity contribution < 1.29 is 0 Å². The Morgan fingerprint density at radius 1 is 1.30 bits per heavy atom. The minimum Gasteiger partial charge on any atom is -0.329 e. The second-order valence-electron chi connectivity index (χ2n) is 5.99. The number of imidazole rings is 1. The molecule has 0 bridgehead atoms. The maximum absolute atomic E-state index is 4.51. The standard InChI is InChI=1S/C17H25N3/c1-2-11-18-16(14-7-3-4-8-14)12-20-13-19-15-9-5-6-10-17(15)20/h5-6,9-10,13-14,16,18H,2-4,7-8,11-12H2,1H3. The minimum atomic E-state index is 0.593. The second kappa shape index (κ2) is 6.40. The van der Waals surface area contributed by atoms with Gasteiger partial charge in [0.05, 0.1) is 17.4 Å². The molecular weight excluding hydrogens is 246 g/mol. The van der Waals surface area contributed by atoms with E-state index in [2.05, 4.69) is 46.1 Å². The molecule has 1 unspecified atom stereocenters. The zero-order valence-corrected chi connectivity index (χ0v) is 12.4. The van der Waals surface area contributed by atoms with Crippen LogP contribution < -0.4 is 5.32 Å². The molecule has 3 heteroatoms. The summed E-state index contributed by atoms with van der Waals surface area (Å²) >= 11 is 0. The van der Waals surface area contributed by atoms with Crippen molar-refractivity contribution in [1.82, 2.24) is 14.9 Å². The Morgan fingerprint density at radius 3 is 2.90 bits per heavy atom. The molecule has 3 rings (SSSR count). The lowest BCUT2D eigenvalue weighted by molar-refractivity contribution is 0.325. The van der Waals surface area contributed by atoms with E-state index in [0.29, 0.717) is 6.04 Å². The maximum atomic E-state index is 4.51. The van der Waals surface area contributed by atoms with E-state index in [1.165, 1.54) is 37.6 Å². The first-order chi connectivity index (χ1) is 9.88. The molecule has 1 heterocycles. The van der Waals surface area contributed by atoms with E-state index in [-0.39, 0.29) is 0 Å². The lowest BCUT2D eigenvalue weighted by Crippen LogP contribution is -2.39. The van der Waals surface area contributed by atoms with Crippen molar-refractivity contribution in [2.45, 2.75) is 51.6 Å². The Morgan fingerprint density at radius 2 is 2.10 bits per heavy atom. The molecule has 2 aromatic rings. The summed E-state index contributed by atoms with van der Waals surface area (Å²) in [6.45, 7) is 4.41. The fourth-order valence-electron chi connectivity index (χ4n) is 3.44. The van der Waals surface area contributed by atoms with Crippen LogP contribution in [0.25, 0.3) is 11.0 Å². The number of aromatic nitrogens is 2. The van der Waals surface area contributed by atoms with Gasteiger partial charge in [-0.3, -0.25) is 0 Å². The highest BCUT2D eigenvalue weighted by molar-refractivity contribution is 5.74. The molecule has 1 fully saturated rings. The molecule has 1 saturated carbocycles. The van der Waals surface area contributed by atoms with Gasteiger partial charge in [-0.05, 0) is 43.9 Å². The van der Waals surface area contributed by atoms with Crippen molar-refractivity contribution in [3.8, 4) is 0 Å². The van der Waals surface area contributed by atoms with E-state index in [4.69, 9.17) is 0 Å². The summed E-state index contributed by atoms with van der Waals surface area (Å²) < 4.78 is 2.32. The monoisotopic (exact) mass is 271 g/mol. The van der Waals surface area contributed by atoms with Gasteiger partial charge in [-0.2, -0.15) is 0 Å². The predicted octanol–water partition coefficient (Wildman–Crippen LogP) is 3.59. The van der Waals surface area contributed by atoms with Gasteiger partial charge in [-0.1, -0.05) is 31.9 Å². The third-order valence-electron chi connectivity index (χ3n) is 4.55. The summed E-state index contributed by atoms with van der Waals surface area (Å²) in [4.78, 5) is 4.51. The number of hydrogen-bond acceptors (Lipinski definition) is 2. The van der Waals surface area contributed by atoms with Gasteiger partial charge < -0.3 is 9.88 Å². The van der Waals surface area contributed by atoms with Crippen LogP contribution in [0.4, 0.5) is 0 Å². The fraction of sp³-hybridized carbons (Fsp3) is 0.588. The highest BCUT2D eigenvalue weighted by Crippen LogP contribution is 2.29. The van der Waals surface area contributed by atoms with Crippen molar-refractivity contribution in [1.29, 1.82) is 0 Å². The smallest absolute Gasteiger partial charge is 0.0958 e. The van der Waals surface area contributed by atoms with E-state index in [1.807, 2.05) is 6.33 Å². The summed E-state index contributed by atoms with van der Waals surface area (Å²) in [5, 5.41) is 3.77. The van der Waals surface area contributed by atoms with E-state index < -0.39 is 0 Å². The summed E-state index contributed by atoms with van der Waals surface area (Å²) in [7, 11) is 0. The Kier molecular flexibility index (Phi) is 4.36. The van der Waals surface area contributed by atoms with Crippen LogP contribution in [0, 0.1) is 5.92 Å². The summed E-state index contributed by atoms with van der Waals surface area (Å²) in [6, 6.07) is 9.02. The first-order valence-corrected chi connectivity index (χ1v) is 8.01. The van der Waals surface area contributed by atoms with Crippen LogP contribution in [0.5, 0.6) is 0 Å². The molecule has 108 valence electrons. The molecule has 20 heavy (non-hydrogen) atoms. The van der Waals surface area contributed by atoms with Gasteiger partial charge in [0.2, 0.25) is 0 Å². The molecule has 0 spiro atoms. The summed E-state index contributed by atoms with van der Waals surface area (Å²) in [6.07, 6.45) is 8.77. The minimum absolute atomic E-state index is 0.593. The number of rotatable bonds is 6. The molecule has 1 aromatic carbocycles. The van der Waals surface area contributed by atoms with E-state index >= 15 is 0 Å². The quantitative estimate of drug-likeness (QED) is 0.870. The van der Waals surface area contributed by atoms with Crippen molar-refractivity contribution in [3.63, 3.8) is 0 Å². The van der Waals surface area contributed by atoms with Crippen molar-refractivity contribution in [3.05, 3.63) is 30.6 Å². The van der Waals surface area contributed by atoms with Gasteiger partial charge in [0, 0.05) is 12.6 Å². The van der Waals surface area contributed by atoms with Crippen molar-refractivity contribution in [2.75, 3.05) is 6.54 Å². The number of nitrogens with one attached hydrogen (secondary N) is 1. The largest absolute Gasteiger partial charge is 0.329 e. The maximum Gasteiger partial charge on any atom is 0.0958 e. The molecule has 0 aliphatic heterocycles. The van der Waals surface area contributed by atoms with Gasteiger partial charge in [0.1, 0.15) is 0 Å². The van der Waals surface area contributed by atoms with Crippen LogP contribution in [-0.2, 0) is 6.54 Å². The lowest BCUT2D eigenvalue weighted by atomic mass is 9.97. The molecule has 3 nitrogen and oxygen atoms in total. The Hall–Kier alpha value is -1.35. The van der Waals surface area contributed by atoms with Crippen molar-refractivity contribution in [2.24, 2.45) is 5.92 Å². The number of nitrogens with zero attached hydrogens (tertiary/aromatic N) is 2. The molecule has 0 amide bonds. The molecule has 1 N–H and O–H groups in total. The molecule has 1 aliphatic rings. The van der Waals surface area contributed by atoms with Crippen LogP contribution in [0.1, 0.15) is 39.0 Å². The number of para-hydroxylation sites is 2. The molecular formula is C17H25N3. The van der Waals surface area contributed by atoms with Gasteiger partial charge in [0.15, 0.2) is 0 Å². The third-order valence-corrected chi connectivity index (χ3v) is 4.55. The molecule has 1 atom stereocenters. The summed E-state index contributed by atoms with van der Waals surface area (Å²) in [5.41, 5.74) is 2.36. The van der Waals surface area contributed by atoms with Crippen molar-refractivity contribution >= 4 is 11.0 Å². The lowest BCUT2D eigenvalue weighted by Gasteiger charge is -2.25. The van der Waals surface area contributed by atoms with Gasteiger partial charge in [-0.25, -0.2) is 4.98 Å². The average molecular weight is 271 g/mol. The highest BCUT2D eigenvalue weighted by atomic mass is 15.1. The first kappa shape index (κ1) is 13.6. The third kappa shape index (κ3) is 2.88. The molecule has 1 aromatic heterocycles. The number of fused-ring (bicyclic) bond motifs is 1. The molecule has 1 aliphatic carbocycles. The van der Waals surface area contributed by atoms with Crippen LogP contribution in [0.15, 0.2) is 30.6 Å². The van der Waals surface area contributed by atoms with Gasteiger partial charge >= 0.3 is 0 Å². The second-order valence-corrected chi connectivity index (χ2v) is 5.99. The molecule has 0 saturated heterocycles. The highest BCUT2D eigenvalue weighted by Gasteiger charge is 2.25. The fourth-order valence-corrected chi connectivity index (χ4v) is 3.44. The van der Waals surface area contributed by atoms with Crippen LogP contribution in [0.2, 0.25) is 0 Å². The first-order valence-electron chi connectivity index (χ1n) is 8.01. The van der Waals surface area contributed by atoms with Gasteiger partial charge in [0.25, 0.3) is 0 Å². The Balaban J connectivity index is 1.77. The van der Waals surface area contributed by atoms with Crippen LogP contribution in [0.3, 0.4) is 0 Å². The van der Waals surface area contributed by atoms with Gasteiger partial charge in [-0.15, -0.1) is 0 Å². The zero-order valence-electron chi connectivity index (χ0n) is 12.4. The van der Waals surface area contributed by atoms with Crippen LogP contribution >= 0.6 is 0 Å². The Labute approximate surface area is 121 Å². The Bertz CT molecular complexity index is 540. The number of hydrogen-bond donors (Lipinski definition) is 1. The zero-order chi connectivity index (χ0) is 13.8. The number of benzene rings is 1. The summed E-state index contributed by atoms with van der Waals surface area (Å²) in [5.74, 6) is 0.836. The normalized spacial score (nSPS) is 17.9. The topological polar surface area (TPSA) is 29.9 Å².